The number of para-hydroxylation sites is 1. The van der Waals surface area contributed by atoms with Gasteiger partial charge in [0.2, 0.25) is 11.0 Å². The number of pyridine rings is 1. The number of nitrogens with zero attached hydrogens (tertiary/aromatic N) is 1. The van der Waals surface area contributed by atoms with Gasteiger partial charge in [-0.3, -0.25) is 0 Å². The standard InChI is InChI=1S/C27H22NO3.FHO3S/c1-3-30-21-13-14-22-25(17-21)28(2)24-16-19-10-8-7-9-18(19)15-23(24)26(22)27(29)31-20-11-5-4-6-12-20;1-5(2,3)4/h4-17H,3H2,1-2H3;(H,2,3,4)/q+1;/p-1. The van der Waals surface area contributed by atoms with Crippen LogP contribution in [0, 0.1) is 0 Å². The molecule has 1 aromatic heterocycles. The number of hydrogen-bond acceptors (Lipinski definition) is 6. The molecule has 4 aromatic carbocycles. The minimum Gasteiger partial charge on any atom is -0.722 e. The summed E-state index contributed by atoms with van der Waals surface area (Å²) in [4.78, 5) is 13.4. The first kappa shape index (κ1) is 25.0. The monoisotopic (exact) mass is 507 g/mol. The van der Waals surface area contributed by atoms with E-state index in [9.17, 15) is 8.68 Å². The molecular formula is C27H22FNO6S. The van der Waals surface area contributed by atoms with Gasteiger partial charge < -0.3 is 14.0 Å². The summed E-state index contributed by atoms with van der Waals surface area (Å²) in [6.07, 6.45) is 0. The summed E-state index contributed by atoms with van der Waals surface area (Å²) >= 11 is 0. The van der Waals surface area contributed by atoms with E-state index in [1.807, 2.05) is 62.5 Å². The summed E-state index contributed by atoms with van der Waals surface area (Å²) < 4.78 is 48.9. The lowest BCUT2D eigenvalue weighted by Gasteiger charge is -2.12. The van der Waals surface area contributed by atoms with Crippen molar-refractivity contribution >= 4 is 49.1 Å². The van der Waals surface area contributed by atoms with E-state index in [0.29, 0.717) is 17.9 Å². The summed E-state index contributed by atoms with van der Waals surface area (Å²) in [6.45, 7) is 2.54. The van der Waals surface area contributed by atoms with Crippen molar-refractivity contribution in [3.05, 3.63) is 90.5 Å². The maximum Gasteiger partial charge on any atom is 0.345 e. The quantitative estimate of drug-likeness (QED) is 0.0848. The Hall–Kier alpha value is -4.08. The average molecular weight is 508 g/mol. The number of halogens is 1. The third kappa shape index (κ3) is 5.59. The highest BCUT2D eigenvalue weighted by Crippen LogP contribution is 2.31. The van der Waals surface area contributed by atoms with Crippen molar-refractivity contribution in [3.8, 4) is 11.5 Å². The van der Waals surface area contributed by atoms with Gasteiger partial charge in [-0.1, -0.05) is 42.5 Å². The first-order valence-electron chi connectivity index (χ1n) is 11.0. The Balaban J connectivity index is 0.000000556. The summed E-state index contributed by atoms with van der Waals surface area (Å²) in [5, 5.41) is 3.88. The van der Waals surface area contributed by atoms with Crippen molar-refractivity contribution < 1.29 is 35.7 Å². The Morgan fingerprint density at radius 1 is 0.861 bits per heavy atom. The number of ether oxygens (including phenoxy) is 2. The highest BCUT2D eigenvalue weighted by Gasteiger charge is 2.25. The first-order valence-corrected chi connectivity index (χ1v) is 12.3. The summed E-state index contributed by atoms with van der Waals surface area (Å²) in [7, 11) is -3.40. The maximum atomic E-state index is 13.4. The lowest BCUT2D eigenvalue weighted by Crippen LogP contribution is -2.31. The zero-order valence-electron chi connectivity index (χ0n) is 19.5. The highest BCUT2D eigenvalue weighted by atomic mass is 32.3. The van der Waals surface area contributed by atoms with Gasteiger partial charge in [0.25, 0.3) is 10.5 Å². The molecule has 5 rings (SSSR count). The number of esters is 1. The van der Waals surface area contributed by atoms with Crippen LogP contribution in [0.2, 0.25) is 0 Å². The van der Waals surface area contributed by atoms with Crippen LogP contribution in [0.3, 0.4) is 0 Å². The molecule has 0 saturated heterocycles. The zero-order valence-corrected chi connectivity index (χ0v) is 20.3. The normalized spacial score (nSPS) is 11.2. The molecule has 0 aliphatic heterocycles. The average Bonchev–Trinajstić information content (AvgIpc) is 2.83. The predicted octanol–water partition coefficient (Wildman–Crippen LogP) is 5.00. The topological polar surface area (TPSA) is 96.6 Å². The van der Waals surface area contributed by atoms with Gasteiger partial charge in [0.05, 0.1) is 29.0 Å². The van der Waals surface area contributed by atoms with E-state index in [2.05, 4.69) is 28.8 Å². The number of fused-ring (bicyclic) bond motifs is 3. The lowest BCUT2D eigenvalue weighted by atomic mass is 9.98. The Bertz CT molecular complexity index is 1680. The molecule has 0 aliphatic rings. The van der Waals surface area contributed by atoms with Crippen LogP contribution in [0.4, 0.5) is 3.89 Å². The van der Waals surface area contributed by atoms with Crippen LogP contribution in [0.5, 0.6) is 11.5 Å². The van der Waals surface area contributed by atoms with Gasteiger partial charge in [0.15, 0.2) is 0 Å². The molecule has 0 radical (unpaired) electrons. The second-order valence-electron chi connectivity index (χ2n) is 7.86. The summed E-state index contributed by atoms with van der Waals surface area (Å²) in [5.41, 5.74) is 2.43. The van der Waals surface area contributed by atoms with E-state index in [4.69, 9.17) is 22.4 Å². The minimum absolute atomic E-state index is 0.374. The third-order valence-electron chi connectivity index (χ3n) is 5.56. The van der Waals surface area contributed by atoms with Gasteiger partial charge in [-0.2, -0.15) is 4.57 Å². The van der Waals surface area contributed by atoms with E-state index in [0.717, 1.165) is 38.3 Å². The second-order valence-corrected chi connectivity index (χ2v) is 8.64. The van der Waals surface area contributed by atoms with Crippen LogP contribution >= 0.6 is 0 Å². The molecule has 7 nitrogen and oxygen atoms in total. The molecule has 0 N–H and O–H groups in total. The van der Waals surface area contributed by atoms with Gasteiger partial charge in [-0.15, -0.1) is 3.89 Å². The molecule has 36 heavy (non-hydrogen) atoms. The van der Waals surface area contributed by atoms with Crippen molar-refractivity contribution in [2.75, 3.05) is 6.61 Å². The van der Waals surface area contributed by atoms with Crippen LogP contribution < -0.4 is 14.0 Å². The molecule has 5 aromatic rings. The van der Waals surface area contributed by atoms with E-state index < -0.39 is 10.5 Å². The number of aryl methyl sites for hydroxylation is 1. The van der Waals surface area contributed by atoms with Crippen molar-refractivity contribution in [2.45, 2.75) is 6.92 Å². The molecule has 1 heterocycles. The maximum absolute atomic E-state index is 13.4. The fraction of sp³-hybridized carbons (Fsp3) is 0.111. The first-order chi connectivity index (χ1) is 17.2. The summed E-state index contributed by atoms with van der Waals surface area (Å²) in [5.74, 6) is 0.920. The molecule has 0 amide bonds. The smallest absolute Gasteiger partial charge is 0.345 e. The van der Waals surface area contributed by atoms with Crippen molar-refractivity contribution in [1.82, 2.24) is 0 Å². The molecule has 0 saturated carbocycles. The minimum atomic E-state index is -5.42. The molecule has 184 valence electrons. The van der Waals surface area contributed by atoms with E-state index in [1.165, 1.54) is 0 Å². The van der Waals surface area contributed by atoms with E-state index >= 15 is 0 Å². The largest absolute Gasteiger partial charge is 0.722 e. The predicted molar refractivity (Wildman–Crippen MR) is 134 cm³/mol. The van der Waals surface area contributed by atoms with Gasteiger partial charge >= 0.3 is 5.97 Å². The molecule has 0 bridgehead atoms. The van der Waals surface area contributed by atoms with Gasteiger partial charge in [0, 0.05) is 6.07 Å². The van der Waals surface area contributed by atoms with Crippen LogP contribution in [0.1, 0.15) is 17.3 Å². The van der Waals surface area contributed by atoms with E-state index in [1.54, 1.807) is 12.1 Å². The molecule has 0 aliphatic carbocycles. The lowest BCUT2D eigenvalue weighted by molar-refractivity contribution is -0.617. The highest BCUT2D eigenvalue weighted by molar-refractivity contribution is 7.80. The molecular weight excluding hydrogens is 485 g/mol. The number of hydrogen-bond donors (Lipinski definition) is 0. The molecule has 0 unspecified atom stereocenters. The number of aromatic nitrogens is 1. The molecule has 0 spiro atoms. The van der Waals surface area contributed by atoms with E-state index in [-0.39, 0.29) is 5.97 Å². The van der Waals surface area contributed by atoms with Crippen LogP contribution in [0.15, 0.2) is 84.9 Å². The second kappa shape index (κ2) is 10.3. The SMILES string of the molecule is CCOc1ccc2c(C(=O)Oc3ccccc3)c3cc4ccccc4cc3[n+](C)c2c1.O=S(=O)([O-])F. The number of carbonyl (C=O) groups is 1. The number of carbonyl (C=O) groups excluding carboxylic acids is 1. The van der Waals surface area contributed by atoms with Gasteiger partial charge in [0.1, 0.15) is 18.5 Å². The van der Waals surface area contributed by atoms with Crippen molar-refractivity contribution in [1.29, 1.82) is 0 Å². The fourth-order valence-corrected chi connectivity index (χ4v) is 4.10. The van der Waals surface area contributed by atoms with Crippen LogP contribution in [-0.2, 0) is 17.6 Å². The summed E-state index contributed by atoms with van der Waals surface area (Å²) in [6, 6.07) is 27.4. The fourth-order valence-electron chi connectivity index (χ4n) is 4.10. The van der Waals surface area contributed by atoms with Crippen LogP contribution in [0.25, 0.3) is 32.6 Å². The van der Waals surface area contributed by atoms with Gasteiger partial charge in [-0.05, 0) is 48.0 Å². The number of benzene rings is 4. The molecule has 0 atom stereocenters. The van der Waals surface area contributed by atoms with Crippen LogP contribution in [-0.4, -0.2) is 25.5 Å². The van der Waals surface area contributed by atoms with Crippen molar-refractivity contribution in [3.63, 3.8) is 0 Å². The van der Waals surface area contributed by atoms with Gasteiger partial charge in [-0.25, -0.2) is 13.2 Å². The molecule has 0 fully saturated rings. The zero-order chi connectivity index (χ0) is 25.9. The van der Waals surface area contributed by atoms with Crippen molar-refractivity contribution in [2.24, 2.45) is 7.05 Å². The number of rotatable bonds is 4. The Morgan fingerprint density at radius 3 is 2.08 bits per heavy atom. The Kier molecular flexibility index (Phi) is 7.14. The Morgan fingerprint density at radius 2 is 1.44 bits per heavy atom. The molecule has 9 heteroatoms. The third-order valence-corrected chi connectivity index (χ3v) is 5.56. The Labute approximate surface area is 207 Å².